The summed E-state index contributed by atoms with van der Waals surface area (Å²) in [6.45, 7) is 5.37. The van der Waals surface area contributed by atoms with Crippen LogP contribution in [0.25, 0.3) is 0 Å². The number of aromatic nitrogens is 1. The Hall–Kier alpha value is -1.14. The first-order valence-corrected chi connectivity index (χ1v) is 8.64. The van der Waals surface area contributed by atoms with Gasteiger partial charge in [-0.25, -0.2) is 18.1 Å². The van der Waals surface area contributed by atoms with Gasteiger partial charge in [-0.1, -0.05) is 20.3 Å². The van der Waals surface area contributed by atoms with Gasteiger partial charge in [-0.05, 0) is 36.8 Å². The zero-order valence-corrected chi connectivity index (χ0v) is 13.0. The van der Waals surface area contributed by atoms with Gasteiger partial charge in [0.15, 0.2) is 5.03 Å². The van der Waals surface area contributed by atoms with Crippen molar-refractivity contribution in [2.75, 3.05) is 18.4 Å². The highest BCUT2D eigenvalue weighted by molar-refractivity contribution is 7.89. The summed E-state index contributed by atoms with van der Waals surface area (Å²) in [5, 5.41) is 3.21. The molecule has 0 aliphatic heterocycles. The Bertz CT molecular complexity index is 553. The molecule has 0 aromatic carbocycles. The van der Waals surface area contributed by atoms with Crippen LogP contribution in [0.3, 0.4) is 0 Å². The number of rotatable bonds is 7. The molecule has 0 amide bonds. The Kier molecular flexibility index (Phi) is 4.65. The van der Waals surface area contributed by atoms with E-state index < -0.39 is 10.0 Å². The molecule has 1 fully saturated rings. The van der Waals surface area contributed by atoms with Crippen molar-refractivity contribution in [3.05, 3.63) is 18.3 Å². The quantitative estimate of drug-likeness (QED) is 0.810. The largest absolute Gasteiger partial charge is 0.383 e. The standard InChI is InChI=1S/C14H23N3O2S/c1-3-9-15-12-6-4-10-16-13(12)20(18,19)17-11-14(2)7-5-8-14/h4,6,10,15,17H,3,5,7-9,11H2,1-2H3. The van der Waals surface area contributed by atoms with Crippen molar-refractivity contribution in [3.63, 3.8) is 0 Å². The van der Waals surface area contributed by atoms with Gasteiger partial charge in [0.1, 0.15) is 0 Å². The van der Waals surface area contributed by atoms with E-state index in [2.05, 4.69) is 21.9 Å². The molecular weight excluding hydrogens is 274 g/mol. The van der Waals surface area contributed by atoms with Crippen LogP contribution in [0.5, 0.6) is 0 Å². The Morgan fingerprint density at radius 1 is 1.40 bits per heavy atom. The van der Waals surface area contributed by atoms with Gasteiger partial charge in [-0.2, -0.15) is 0 Å². The van der Waals surface area contributed by atoms with Crippen LogP contribution >= 0.6 is 0 Å². The average molecular weight is 297 g/mol. The normalized spacial score (nSPS) is 17.5. The molecule has 20 heavy (non-hydrogen) atoms. The number of sulfonamides is 1. The Balaban J connectivity index is 2.12. The molecule has 0 spiro atoms. The topological polar surface area (TPSA) is 71.1 Å². The van der Waals surface area contributed by atoms with Crippen molar-refractivity contribution in [2.24, 2.45) is 5.41 Å². The molecular formula is C14H23N3O2S. The maximum Gasteiger partial charge on any atom is 0.260 e. The van der Waals surface area contributed by atoms with E-state index in [1.54, 1.807) is 12.1 Å². The highest BCUT2D eigenvalue weighted by Gasteiger charge is 2.33. The van der Waals surface area contributed by atoms with Crippen molar-refractivity contribution in [1.29, 1.82) is 0 Å². The smallest absolute Gasteiger partial charge is 0.260 e. The summed E-state index contributed by atoms with van der Waals surface area (Å²) >= 11 is 0. The summed E-state index contributed by atoms with van der Waals surface area (Å²) in [6, 6.07) is 3.49. The molecule has 5 nitrogen and oxygen atoms in total. The third kappa shape index (κ3) is 3.49. The molecule has 112 valence electrons. The first kappa shape index (κ1) is 15.3. The lowest BCUT2D eigenvalue weighted by Gasteiger charge is -2.38. The molecule has 0 atom stereocenters. The highest BCUT2D eigenvalue weighted by atomic mass is 32.2. The van der Waals surface area contributed by atoms with Crippen LogP contribution in [-0.4, -0.2) is 26.5 Å². The van der Waals surface area contributed by atoms with Gasteiger partial charge >= 0.3 is 0 Å². The van der Waals surface area contributed by atoms with Gasteiger partial charge in [0.2, 0.25) is 0 Å². The van der Waals surface area contributed by atoms with Crippen molar-refractivity contribution in [2.45, 2.75) is 44.6 Å². The minimum atomic E-state index is -3.55. The van der Waals surface area contributed by atoms with E-state index >= 15 is 0 Å². The van der Waals surface area contributed by atoms with Crippen LogP contribution in [0, 0.1) is 5.41 Å². The molecule has 1 aromatic rings. The maximum atomic E-state index is 12.4. The fourth-order valence-electron chi connectivity index (χ4n) is 2.29. The molecule has 6 heteroatoms. The molecule has 1 heterocycles. The molecule has 0 saturated heterocycles. The van der Waals surface area contributed by atoms with Crippen LogP contribution in [0.4, 0.5) is 5.69 Å². The van der Waals surface area contributed by atoms with Gasteiger partial charge in [0, 0.05) is 19.3 Å². The zero-order valence-electron chi connectivity index (χ0n) is 12.1. The fraction of sp³-hybridized carbons (Fsp3) is 0.643. The third-order valence-corrected chi connectivity index (χ3v) is 5.20. The predicted octanol–water partition coefficient (Wildman–Crippen LogP) is 2.37. The molecule has 1 aromatic heterocycles. The zero-order chi connectivity index (χ0) is 14.6. The summed E-state index contributed by atoms with van der Waals surface area (Å²) in [5.41, 5.74) is 0.680. The van der Waals surface area contributed by atoms with Crippen LogP contribution in [0.1, 0.15) is 39.5 Å². The second-order valence-electron chi connectivity index (χ2n) is 5.77. The third-order valence-electron chi connectivity index (χ3n) is 3.84. The Labute approximate surface area is 121 Å². The van der Waals surface area contributed by atoms with E-state index in [0.717, 1.165) is 25.8 Å². The Morgan fingerprint density at radius 2 is 2.15 bits per heavy atom. The van der Waals surface area contributed by atoms with E-state index in [1.165, 1.54) is 12.6 Å². The van der Waals surface area contributed by atoms with Crippen LogP contribution in [-0.2, 0) is 10.0 Å². The molecule has 2 N–H and O–H groups in total. The van der Waals surface area contributed by atoms with E-state index in [0.29, 0.717) is 12.2 Å². The lowest BCUT2D eigenvalue weighted by atomic mass is 9.71. The highest BCUT2D eigenvalue weighted by Crippen LogP contribution is 2.39. The molecule has 1 saturated carbocycles. The van der Waals surface area contributed by atoms with Crippen LogP contribution < -0.4 is 10.0 Å². The molecule has 0 bridgehead atoms. The second-order valence-corrected chi connectivity index (χ2v) is 7.45. The number of hydrogen-bond donors (Lipinski definition) is 2. The molecule has 1 aliphatic rings. The SMILES string of the molecule is CCCNc1cccnc1S(=O)(=O)NCC1(C)CCC1. The van der Waals surface area contributed by atoms with Gasteiger partial charge in [0.25, 0.3) is 10.0 Å². The van der Waals surface area contributed by atoms with Crippen LogP contribution in [0.2, 0.25) is 0 Å². The van der Waals surface area contributed by atoms with E-state index in [4.69, 9.17) is 0 Å². The van der Waals surface area contributed by atoms with E-state index in [9.17, 15) is 8.42 Å². The monoisotopic (exact) mass is 297 g/mol. The van der Waals surface area contributed by atoms with Gasteiger partial charge in [-0.15, -0.1) is 0 Å². The summed E-state index contributed by atoms with van der Waals surface area (Å²) in [7, 11) is -3.55. The first-order chi connectivity index (χ1) is 9.47. The number of nitrogens with zero attached hydrogens (tertiary/aromatic N) is 1. The Morgan fingerprint density at radius 3 is 2.75 bits per heavy atom. The number of hydrogen-bond acceptors (Lipinski definition) is 4. The van der Waals surface area contributed by atoms with Gasteiger partial charge < -0.3 is 5.32 Å². The molecule has 0 unspecified atom stereocenters. The molecule has 0 radical (unpaired) electrons. The molecule has 1 aliphatic carbocycles. The first-order valence-electron chi connectivity index (χ1n) is 7.15. The average Bonchev–Trinajstić information content (AvgIpc) is 2.41. The van der Waals surface area contributed by atoms with Crippen molar-refractivity contribution in [3.8, 4) is 0 Å². The summed E-state index contributed by atoms with van der Waals surface area (Å²) in [4.78, 5) is 4.03. The van der Waals surface area contributed by atoms with E-state index in [1.807, 2.05) is 6.92 Å². The number of anilines is 1. The van der Waals surface area contributed by atoms with Crippen molar-refractivity contribution in [1.82, 2.24) is 9.71 Å². The summed E-state index contributed by atoms with van der Waals surface area (Å²) in [6.07, 6.45) is 5.79. The predicted molar refractivity (Wildman–Crippen MR) is 80.2 cm³/mol. The minimum absolute atomic E-state index is 0.0939. The maximum absolute atomic E-state index is 12.4. The summed E-state index contributed by atoms with van der Waals surface area (Å²) < 4.78 is 27.5. The van der Waals surface area contributed by atoms with Crippen LogP contribution in [0.15, 0.2) is 23.4 Å². The molecule has 2 rings (SSSR count). The number of pyridine rings is 1. The van der Waals surface area contributed by atoms with Crippen molar-refractivity contribution >= 4 is 15.7 Å². The second kappa shape index (κ2) is 6.10. The lowest BCUT2D eigenvalue weighted by molar-refractivity contribution is 0.166. The van der Waals surface area contributed by atoms with Gasteiger partial charge in [0.05, 0.1) is 5.69 Å². The van der Waals surface area contributed by atoms with E-state index in [-0.39, 0.29) is 10.4 Å². The minimum Gasteiger partial charge on any atom is -0.383 e. The lowest BCUT2D eigenvalue weighted by Crippen LogP contribution is -2.40. The number of nitrogens with one attached hydrogen (secondary N) is 2. The summed E-state index contributed by atoms with van der Waals surface area (Å²) in [5.74, 6) is 0. The van der Waals surface area contributed by atoms with Crippen molar-refractivity contribution < 1.29 is 8.42 Å². The fourth-order valence-corrected chi connectivity index (χ4v) is 3.60. The van der Waals surface area contributed by atoms with Gasteiger partial charge in [-0.3, -0.25) is 0 Å².